The van der Waals surface area contributed by atoms with Crippen molar-refractivity contribution < 1.29 is 29.3 Å². The number of carbonyl (C=O) groups is 2. The highest BCUT2D eigenvalue weighted by Gasteiger charge is 2.14. The molecule has 0 fully saturated rings. The third-order valence-corrected chi connectivity index (χ3v) is 5.34. The molecule has 1 aromatic heterocycles. The summed E-state index contributed by atoms with van der Waals surface area (Å²) in [6, 6.07) is 26.8. The molecular weight excluding hydrogens is 462 g/mol. The number of carboxylic acid groups (broad SMARTS) is 2. The molecule has 2 heterocycles. The molecule has 0 radical (unpaired) electrons. The first-order valence-electron chi connectivity index (χ1n) is 11.2. The summed E-state index contributed by atoms with van der Waals surface area (Å²) in [7, 11) is 0. The Balaban J connectivity index is 0.000000455. The molecule has 0 aliphatic carbocycles. The number of aromatic nitrogens is 2. The van der Waals surface area contributed by atoms with E-state index in [0.29, 0.717) is 6.79 Å². The average Bonchev–Trinajstić information content (AvgIpc) is 3.52. The Morgan fingerprint density at radius 3 is 2.19 bits per heavy atom. The number of nitrogens with one attached hydrogen (secondary N) is 1. The van der Waals surface area contributed by atoms with Crippen molar-refractivity contribution in [2.75, 3.05) is 6.79 Å². The van der Waals surface area contributed by atoms with Gasteiger partial charge < -0.3 is 25.0 Å². The van der Waals surface area contributed by atoms with Crippen molar-refractivity contribution in [1.82, 2.24) is 15.1 Å². The van der Waals surface area contributed by atoms with Gasteiger partial charge >= 0.3 is 11.9 Å². The second-order valence-electron chi connectivity index (χ2n) is 7.95. The van der Waals surface area contributed by atoms with Gasteiger partial charge in [-0.2, -0.15) is 5.10 Å². The summed E-state index contributed by atoms with van der Waals surface area (Å²) in [4.78, 5) is 18.2. The van der Waals surface area contributed by atoms with Crippen LogP contribution < -0.4 is 14.8 Å². The monoisotopic (exact) mass is 487 g/mol. The Labute approximate surface area is 207 Å². The van der Waals surface area contributed by atoms with E-state index in [1.54, 1.807) is 0 Å². The first-order valence-corrected chi connectivity index (χ1v) is 11.2. The molecule has 1 aliphatic rings. The molecule has 0 spiro atoms. The van der Waals surface area contributed by atoms with Crippen LogP contribution in [-0.2, 0) is 29.2 Å². The fourth-order valence-electron chi connectivity index (χ4n) is 3.67. The normalized spacial score (nSPS) is 11.4. The van der Waals surface area contributed by atoms with E-state index >= 15 is 0 Å². The van der Waals surface area contributed by atoms with E-state index in [4.69, 9.17) is 34.4 Å². The summed E-state index contributed by atoms with van der Waals surface area (Å²) in [5, 5.41) is 23.2. The predicted octanol–water partition coefficient (Wildman–Crippen LogP) is 3.77. The van der Waals surface area contributed by atoms with Crippen LogP contribution in [0.2, 0.25) is 0 Å². The number of hydrogen-bond acceptors (Lipinski definition) is 6. The SMILES string of the molecule is O=C(O)C(=O)O.c1ccc(Cn2cc(CNCc3ccc4c(c3)OCO4)c(-c3ccccc3)n2)cc1. The molecule has 1 aliphatic heterocycles. The van der Waals surface area contributed by atoms with Gasteiger partial charge in [0, 0.05) is 30.4 Å². The molecule has 0 amide bonds. The number of aliphatic carboxylic acids is 2. The summed E-state index contributed by atoms with van der Waals surface area (Å²) in [5.74, 6) is -2.02. The minimum Gasteiger partial charge on any atom is -0.473 e. The van der Waals surface area contributed by atoms with Crippen molar-refractivity contribution >= 4 is 11.9 Å². The Bertz CT molecular complexity index is 1310. The van der Waals surface area contributed by atoms with Gasteiger partial charge in [-0.05, 0) is 23.3 Å². The summed E-state index contributed by atoms with van der Waals surface area (Å²) in [5.41, 5.74) is 5.73. The first kappa shape index (κ1) is 24.5. The number of benzene rings is 3. The van der Waals surface area contributed by atoms with Gasteiger partial charge in [0.2, 0.25) is 6.79 Å². The van der Waals surface area contributed by atoms with Crippen molar-refractivity contribution in [3.05, 3.63) is 102 Å². The van der Waals surface area contributed by atoms with Gasteiger partial charge in [0.25, 0.3) is 0 Å². The van der Waals surface area contributed by atoms with Gasteiger partial charge in [-0.3, -0.25) is 4.68 Å². The van der Waals surface area contributed by atoms with Gasteiger partial charge in [0.05, 0.1) is 12.2 Å². The van der Waals surface area contributed by atoms with Crippen molar-refractivity contribution in [2.24, 2.45) is 0 Å². The first-order chi connectivity index (χ1) is 17.5. The third-order valence-electron chi connectivity index (χ3n) is 5.34. The molecule has 36 heavy (non-hydrogen) atoms. The standard InChI is InChI=1S/C25H23N3O2.C2H2O4/c1-3-7-19(8-4-1)16-28-17-22(25(27-28)21-9-5-2-6-10-21)15-26-14-20-11-12-23-24(13-20)30-18-29-23;3-1(4)2(5)6/h1-13,17,26H,14-16,18H2;(H,3,4)(H,5,6). The number of carboxylic acids is 2. The van der Waals surface area contributed by atoms with E-state index in [2.05, 4.69) is 66.1 Å². The minimum atomic E-state index is -1.82. The van der Waals surface area contributed by atoms with E-state index in [9.17, 15) is 0 Å². The summed E-state index contributed by atoms with van der Waals surface area (Å²) in [6.45, 7) is 2.53. The predicted molar refractivity (Wildman–Crippen MR) is 132 cm³/mol. The Morgan fingerprint density at radius 2 is 1.50 bits per heavy atom. The lowest BCUT2D eigenvalue weighted by atomic mass is 10.1. The minimum absolute atomic E-state index is 0.299. The second-order valence-corrected chi connectivity index (χ2v) is 7.95. The second kappa shape index (κ2) is 11.7. The van der Waals surface area contributed by atoms with Crippen molar-refractivity contribution in [3.63, 3.8) is 0 Å². The van der Waals surface area contributed by atoms with Crippen LogP contribution in [0.25, 0.3) is 11.3 Å². The Hall–Kier alpha value is -4.63. The van der Waals surface area contributed by atoms with Gasteiger partial charge in [0.1, 0.15) is 0 Å². The molecule has 0 saturated carbocycles. The fourth-order valence-corrected chi connectivity index (χ4v) is 3.67. The van der Waals surface area contributed by atoms with E-state index in [0.717, 1.165) is 48.0 Å². The highest BCUT2D eigenvalue weighted by Crippen LogP contribution is 2.32. The highest BCUT2D eigenvalue weighted by molar-refractivity contribution is 6.27. The van der Waals surface area contributed by atoms with Crippen LogP contribution in [0.4, 0.5) is 0 Å². The number of hydrogen-bond donors (Lipinski definition) is 3. The van der Waals surface area contributed by atoms with E-state index < -0.39 is 11.9 Å². The largest absolute Gasteiger partial charge is 0.473 e. The maximum Gasteiger partial charge on any atom is 0.414 e. The zero-order valence-corrected chi connectivity index (χ0v) is 19.3. The quantitative estimate of drug-likeness (QED) is 0.337. The summed E-state index contributed by atoms with van der Waals surface area (Å²) >= 11 is 0. The molecular formula is C27H25N3O6. The van der Waals surface area contributed by atoms with Crippen LogP contribution in [0.1, 0.15) is 16.7 Å². The van der Waals surface area contributed by atoms with Crippen LogP contribution in [0.5, 0.6) is 11.5 Å². The third kappa shape index (κ3) is 6.49. The topological polar surface area (TPSA) is 123 Å². The molecule has 9 nitrogen and oxygen atoms in total. The van der Waals surface area contributed by atoms with Crippen molar-refractivity contribution in [2.45, 2.75) is 19.6 Å². The smallest absolute Gasteiger partial charge is 0.414 e. The number of rotatable bonds is 7. The van der Waals surface area contributed by atoms with Crippen molar-refractivity contribution in [3.8, 4) is 22.8 Å². The summed E-state index contributed by atoms with van der Waals surface area (Å²) < 4.78 is 12.9. The molecule has 3 aromatic carbocycles. The average molecular weight is 488 g/mol. The fraction of sp³-hybridized carbons (Fsp3) is 0.148. The lowest BCUT2D eigenvalue weighted by Crippen LogP contribution is -2.12. The van der Waals surface area contributed by atoms with E-state index in [1.807, 2.05) is 28.9 Å². The molecule has 0 atom stereocenters. The maximum atomic E-state index is 9.10. The zero-order valence-electron chi connectivity index (χ0n) is 19.3. The molecule has 9 heteroatoms. The maximum absolute atomic E-state index is 9.10. The highest BCUT2D eigenvalue weighted by atomic mass is 16.7. The molecule has 0 saturated heterocycles. The van der Waals surface area contributed by atoms with E-state index in [1.165, 1.54) is 11.1 Å². The molecule has 184 valence electrons. The van der Waals surface area contributed by atoms with Gasteiger partial charge in [0.15, 0.2) is 11.5 Å². The molecule has 0 unspecified atom stereocenters. The van der Waals surface area contributed by atoms with Crippen LogP contribution in [0.3, 0.4) is 0 Å². The van der Waals surface area contributed by atoms with Crippen LogP contribution in [0, 0.1) is 0 Å². The Morgan fingerprint density at radius 1 is 0.833 bits per heavy atom. The van der Waals surface area contributed by atoms with Gasteiger partial charge in [-0.15, -0.1) is 0 Å². The number of nitrogens with zero attached hydrogens (tertiary/aromatic N) is 2. The molecule has 4 aromatic rings. The molecule has 0 bridgehead atoms. The van der Waals surface area contributed by atoms with Crippen LogP contribution in [-0.4, -0.2) is 38.7 Å². The van der Waals surface area contributed by atoms with Gasteiger partial charge in [-0.1, -0.05) is 66.7 Å². The summed E-state index contributed by atoms with van der Waals surface area (Å²) in [6.07, 6.45) is 2.14. The Kier molecular flexibility index (Phi) is 7.94. The van der Waals surface area contributed by atoms with Crippen LogP contribution >= 0.6 is 0 Å². The number of ether oxygens (including phenoxy) is 2. The zero-order chi connectivity index (χ0) is 25.3. The van der Waals surface area contributed by atoms with Crippen molar-refractivity contribution in [1.29, 1.82) is 0 Å². The lowest BCUT2D eigenvalue weighted by molar-refractivity contribution is -0.159. The number of fused-ring (bicyclic) bond motifs is 1. The molecule has 5 rings (SSSR count). The molecule has 3 N–H and O–H groups in total. The van der Waals surface area contributed by atoms with Gasteiger partial charge in [-0.25, -0.2) is 9.59 Å². The lowest BCUT2D eigenvalue weighted by Gasteiger charge is -2.06. The van der Waals surface area contributed by atoms with Crippen LogP contribution in [0.15, 0.2) is 85.1 Å². The van der Waals surface area contributed by atoms with E-state index in [-0.39, 0.29) is 0 Å².